The lowest BCUT2D eigenvalue weighted by Gasteiger charge is -2.11. The van der Waals surface area contributed by atoms with E-state index in [0.717, 1.165) is 6.07 Å². The van der Waals surface area contributed by atoms with E-state index in [4.69, 9.17) is 11.6 Å². The minimum absolute atomic E-state index is 0.172. The van der Waals surface area contributed by atoms with Gasteiger partial charge in [0.25, 0.3) is 0 Å². The van der Waals surface area contributed by atoms with Crippen molar-refractivity contribution in [2.45, 2.75) is 31.8 Å². The van der Waals surface area contributed by atoms with Gasteiger partial charge in [-0.1, -0.05) is 18.2 Å². The Balaban J connectivity index is 2.41. The van der Waals surface area contributed by atoms with Gasteiger partial charge in [-0.3, -0.25) is 0 Å². The van der Waals surface area contributed by atoms with Gasteiger partial charge in [0, 0.05) is 0 Å². The molecule has 0 aliphatic carbocycles. The molecule has 0 bridgehead atoms. The Kier molecular flexibility index (Phi) is 4.04. The van der Waals surface area contributed by atoms with Gasteiger partial charge >= 0.3 is 6.18 Å². The minimum atomic E-state index is -4.39. The molecule has 0 radical (unpaired) electrons. The minimum Gasteiger partial charge on any atom is -0.220 e. The van der Waals surface area contributed by atoms with Gasteiger partial charge in [-0.2, -0.15) is 13.2 Å². The van der Waals surface area contributed by atoms with Gasteiger partial charge in [0.1, 0.15) is 5.69 Å². The summed E-state index contributed by atoms with van der Waals surface area (Å²) in [6.45, 7) is 3.32. The van der Waals surface area contributed by atoms with E-state index in [0.29, 0.717) is 17.8 Å². The van der Waals surface area contributed by atoms with Crippen molar-refractivity contribution in [3.63, 3.8) is 0 Å². The van der Waals surface area contributed by atoms with E-state index >= 15 is 0 Å². The van der Waals surface area contributed by atoms with Crippen LogP contribution in [0.4, 0.5) is 13.2 Å². The normalized spacial score (nSPS) is 13.5. The first-order valence-electron chi connectivity index (χ1n) is 6.07. The molecule has 0 aliphatic rings. The maximum atomic E-state index is 12.9. The van der Waals surface area contributed by atoms with E-state index in [2.05, 4.69) is 10.3 Å². The second kappa shape index (κ2) is 5.44. The van der Waals surface area contributed by atoms with Crippen LogP contribution in [0, 0.1) is 6.92 Å². The molecule has 1 aromatic carbocycles. The summed E-state index contributed by atoms with van der Waals surface area (Å²) >= 11 is 6.02. The summed E-state index contributed by atoms with van der Waals surface area (Å²) in [5, 5.41) is 7.41. The highest BCUT2D eigenvalue weighted by atomic mass is 35.5. The second-order valence-electron chi connectivity index (χ2n) is 4.46. The first-order valence-corrected chi connectivity index (χ1v) is 6.51. The first-order chi connectivity index (χ1) is 9.32. The average molecular weight is 304 g/mol. The fraction of sp³-hybridized carbons (Fsp3) is 0.385. The molecule has 0 aliphatic heterocycles. The molecule has 3 nitrogen and oxygen atoms in total. The Hall–Kier alpha value is -1.56. The van der Waals surface area contributed by atoms with Crippen LogP contribution in [0.3, 0.4) is 0 Å². The van der Waals surface area contributed by atoms with Crippen molar-refractivity contribution in [3.05, 3.63) is 41.2 Å². The molecule has 2 rings (SSSR count). The molecule has 1 heterocycles. The van der Waals surface area contributed by atoms with Crippen molar-refractivity contribution >= 4 is 11.6 Å². The van der Waals surface area contributed by atoms with Gasteiger partial charge in [0.15, 0.2) is 0 Å². The van der Waals surface area contributed by atoms with Crippen LogP contribution in [0.1, 0.15) is 35.5 Å². The third-order valence-electron chi connectivity index (χ3n) is 2.98. The number of hydrogen-bond acceptors (Lipinski definition) is 2. The van der Waals surface area contributed by atoms with E-state index in [9.17, 15) is 13.2 Å². The zero-order chi connectivity index (χ0) is 14.9. The van der Waals surface area contributed by atoms with Crippen molar-refractivity contribution in [2.75, 3.05) is 0 Å². The number of hydrogen-bond donors (Lipinski definition) is 0. The number of halogens is 4. The standard InChI is InChI=1S/C13H13ClF3N3/c1-3-11(14)12-7-20(19-18-12)9-5-4-8(2)10(6-9)13(15,16)17/h4-7,11H,3H2,1-2H3. The summed E-state index contributed by atoms with van der Waals surface area (Å²) in [5.41, 5.74) is 0.347. The molecule has 1 aromatic heterocycles. The van der Waals surface area contributed by atoms with Gasteiger partial charge in [0.05, 0.1) is 22.8 Å². The summed E-state index contributed by atoms with van der Waals surface area (Å²) in [7, 11) is 0. The number of alkyl halides is 4. The monoisotopic (exact) mass is 303 g/mol. The van der Waals surface area contributed by atoms with Crippen molar-refractivity contribution in [3.8, 4) is 5.69 Å². The van der Waals surface area contributed by atoms with Gasteiger partial charge < -0.3 is 0 Å². The molecule has 1 unspecified atom stereocenters. The maximum absolute atomic E-state index is 12.9. The lowest BCUT2D eigenvalue weighted by Crippen LogP contribution is -2.09. The summed E-state index contributed by atoms with van der Waals surface area (Å²) in [4.78, 5) is 0. The van der Waals surface area contributed by atoms with Crippen LogP contribution in [0.15, 0.2) is 24.4 Å². The van der Waals surface area contributed by atoms with Crippen LogP contribution in [0.25, 0.3) is 5.69 Å². The predicted molar refractivity (Wildman–Crippen MR) is 70.0 cm³/mol. The molecule has 108 valence electrons. The Morgan fingerprint density at radius 2 is 2.05 bits per heavy atom. The fourth-order valence-electron chi connectivity index (χ4n) is 1.81. The third kappa shape index (κ3) is 2.95. The van der Waals surface area contributed by atoms with Crippen LogP contribution < -0.4 is 0 Å². The molecule has 1 atom stereocenters. The molecular formula is C13H13ClF3N3. The molecule has 0 N–H and O–H groups in total. The molecule has 0 amide bonds. The SMILES string of the molecule is CCC(Cl)c1cn(-c2ccc(C)c(C(F)(F)F)c2)nn1. The Morgan fingerprint density at radius 3 is 2.65 bits per heavy atom. The smallest absolute Gasteiger partial charge is 0.220 e. The number of benzene rings is 1. The summed E-state index contributed by atoms with van der Waals surface area (Å²) in [5.74, 6) is 0. The van der Waals surface area contributed by atoms with Gasteiger partial charge in [0.2, 0.25) is 0 Å². The maximum Gasteiger partial charge on any atom is 0.416 e. The van der Waals surface area contributed by atoms with E-state index < -0.39 is 11.7 Å². The highest BCUT2D eigenvalue weighted by Gasteiger charge is 2.32. The third-order valence-corrected chi connectivity index (χ3v) is 3.51. The molecule has 7 heteroatoms. The number of aromatic nitrogens is 3. The molecule has 0 saturated heterocycles. The fourth-order valence-corrected chi connectivity index (χ4v) is 1.91. The van der Waals surface area contributed by atoms with Gasteiger partial charge in [-0.05, 0) is 31.0 Å². The quantitative estimate of drug-likeness (QED) is 0.792. The van der Waals surface area contributed by atoms with E-state index in [1.54, 1.807) is 12.3 Å². The largest absolute Gasteiger partial charge is 0.416 e. The summed E-state index contributed by atoms with van der Waals surface area (Å²) < 4.78 is 39.9. The van der Waals surface area contributed by atoms with Gasteiger partial charge in [-0.25, -0.2) is 4.68 Å². The lowest BCUT2D eigenvalue weighted by atomic mass is 10.1. The molecule has 0 spiro atoms. The van der Waals surface area contributed by atoms with Crippen molar-refractivity contribution < 1.29 is 13.2 Å². The van der Waals surface area contributed by atoms with Crippen LogP contribution in [0.5, 0.6) is 0 Å². The molecule has 2 aromatic rings. The average Bonchev–Trinajstić information content (AvgIpc) is 2.86. The van der Waals surface area contributed by atoms with Crippen molar-refractivity contribution in [1.82, 2.24) is 15.0 Å². The zero-order valence-corrected chi connectivity index (χ0v) is 11.7. The molecule has 20 heavy (non-hydrogen) atoms. The molecular weight excluding hydrogens is 291 g/mol. The van der Waals surface area contributed by atoms with E-state index in [-0.39, 0.29) is 10.9 Å². The van der Waals surface area contributed by atoms with Crippen LogP contribution in [0.2, 0.25) is 0 Å². The van der Waals surface area contributed by atoms with E-state index in [1.807, 2.05) is 6.92 Å². The van der Waals surface area contributed by atoms with Crippen LogP contribution >= 0.6 is 11.6 Å². The molecule has 0 saturated carbocycles. The number of rotatable bonds is 3. The highest BCUT2D eigenvalue weighted by molar-refractivity contribution is 6.20. The van der Waals surface area contributed by atoms with E-state index in [1.165, 1.54) is 17.7 Å². The second-order valence-corrected chi connectivity index (χ2v) is 4.99. The summed E-state index contributed by atoms with van der Waals surface area (Å²) in [6.07, 6.45) is -2.17. The lowest BCUT2D eigenvalue weighted by molar-refractivity contribution is -0.138. The first kappa shape index (κ1) is 14.8. The highest BCUT2D eigenvalue weighted by Crippen LogP contribution is 2.33. The number of aryl methyl sites for hydroxylation is 1. The topological polar surface area (TPSA) is 30.7 Å². The number of nitrogens with zero attached hydrogens (tertiary/aromatic N) is 3. The van der Waals surface area contributed by atoms with Crippen LogP contribution in [-0.2, 0) is 6.18 Å². The Morgan fingerprint density at radius 1 is 1.35 bits per heavy atom. The predicted octanol–water partition coefficient (Wildman–Crippen LogP) is 4.28. The molecule has 0 fully saturated rings. The Bertz CT molecular complexity index is 607. The van der Waals surface area contributed by atoms with Crippen molar-refractivity contribution in [1.29, 1.82) is 0 Å². The van der Waals surface area contributed by atoms with Crippen LogP contribution in [-0.4, -0.2) is 15.0 Å². The van der Waals surface area contributed by atoms with Crippen molar-refractivity contribution in [2.24, 2.45) is 0 Å². The zero-order valence-electron chi connectivity index (χ0n) is 10.9. The van der Waals surface area contributed by atoms with Gasteiger partial charge in [-0.15, -0.1) is 16.7 Å². The Labute approximate surface area is 119 Å². The summed E-state index contributed by atoms with van der Waals surface area (Å²) in [6, 6.07) is 4.04.